The third-order valence-electron chi connectivity index (χ3n) is 4.60. The monoisotopic (exact) mass is 290 g/mol. The molecule has 0 aliphatic carbocycles. The number of unbranched alkanes of at least 4 members (excludes halogenated alkanes) is 1. The van der Waals surface area contributed by atoms with Crippen molar-refractivity contribution in [2.75, 3.05) is 19.6 Å². The van der Waals surface area contributed by atoms with E-state index in [4.69, 9.17) is 0 Å². The predicted molar refractivity (Wildman–Crippen MR) is 88.8 cm³/mol. The van der Waals surface area contributed by atoms with Crippen LogP contribution in [0.25, 0.3) is 0 Å². The first-order chi connectivity index (χ1) is 10.1. The van der Waals surface area contributed by atoms with Crippen LogP contribution in [-0.2, 0) is 0 Å². The zero-order valence-corrected chi connectivity index (χ0v) is 13.7. The van der Waals surface area contributed by atoms with Gasteiger partial charge < -0.3 is 10.4 Å². The molecule has 1 heterocycles. The van der Waals surface area contributed by atoms with Crippen molar-refractivity contribution in [2.45, 2.75) is 58.5 Å². The Morgan fingerprint density at radius 2 is 2.24 bits per heavy atom. The number of hydrogen-bond acceptors (Lipinski definition) is 3. The van der Waals surface area contributed by atoms with E-state index in [-0.39, 0.29) is 6.04 Å². The number of hydrogen-bond donors (Lipinski definition) is 2. The maximum absolute atomic E-state index is 10.2. The molecule has 2 rings (SSSR count). The summed E-state index contributed by atoms with van der Waals surface area (Å²) in [6, 6.07) is 6.80. The first-order valence-corrected chi connectivity index (χ1v) is 8.38. The van der Waals surface area contributed by atoms with Crippen LogP contribution in [0.3, 0.4) is 0 Å². The molecular formula is C18H30N2O. The molecule has 3 heteroatoms. The molecule has 0 bridgehead atoms. The molecule has 0 spiro atoms. The molecule has 1 saturated heterocycles. The van der Waals surface area contributed by atoms with E-state index in [1.54, 1.807) is 0 Å². The van der Waals surface area contributed by atoms with Gasteiger partial charge in [-0.25, -0.2) is 0 Å². The molecule has 118 valence electrons. The van der Waals surface area contributed by atoms with Gasteiger partial charge in [-0.1, -0.05) is 31.0 Å². The number of aromatic hydroxyl groups is 1. The van der Waals surface area contributed by atoms with E-state index in [0.717, 1.165) is 25.2 Å². The van der Waals surface area contributed by atoms with Crippen molar-refractivity contribution in [3.05, 3.63) is 29.3 Å². The van der Waals surface area contributed by atoms with E-state index in [1.165, 1.54) is 31.2 Å². The van der Waals surface area contributed by atoms with Gasteiger partial charge in [0.25, 0.3) is 0 Å². The third kappa shape index (κ3) is 4.45. The lowest BCUT2D eigenvalue weighted by Crippen LogP contribution is -2.39. The van der Waals surface area contributed by atoms with Gasteiger partial charge in [0.05, 0.1) is 0 Å². The molecule has 0 aromatic heterocycles. The van der Waals surface area contributed by atoms with Gasteiger partial charge in [-0.05, 0) is 52.3 Å². The van der Waals surface area contributed by atoms with Gasteiger partial charge in [-0.15, -0.1) is 0 Å². The van der Waals surface area contributed by atoms with E-state index < -0.39 is 0 Å². The minimum absolute atomic E-state index is 0.263. The number of benzene rings is 1. The van der Waals surface area contributed by atoms with Crippen LogP contribution in [0.15, 0.2) is 18.2 Å². The molecule has 3 nitrogen and oxygen atoms in total. The number of phenolic OH excluding ortho intramolecular Hbond substituents is 1. The summed E-state index contributed by atoms with van der Waals surface area (Å²) in [5.41, 5.74) is 2.27. The lowest BCUT2D eigenvalue weighted by atomic mass is 10.0. The lowest BCUT2D eigenvalue weighted by molar-refractivity contribution is 0.186. The van der Waals surface area contributed by atoms with Crippen LogP contribution in [0.4, 0.5) is 0 Å². The first kappa shape index (κ1) is 16.3. The summed E-state index contributed by atoms with van der Waals surface area (Å²) in [5.74, 6) is 0.425. The van der Waals surface area contributed by atoms with Crippen molar-refractivity contribution in [1.82, 2.24) is 10.2 Å². The SMILES string of the molecule is CCCCN(CC1CCCN1)C(C)c1cc(C)ccc1O. The second-order valence-electron chi connectivity index (χ2n) is 6.38. The van der Waals surface area contributed by atoms with E-state index in [0.29, 0.717) is 11.8 Å². The Labute approximate surface area is 129 Å². The highest BCUT2D eigenvalue weighted by Gasteiger charge is 2.23. The van der Waals surface area contributed by atoms with Crippen molar-refractivity contribution in [3.8, 4) is 5.75 Å². The molecule has 0 saturated carbocycles. The van der Waals surface area contributed by atoms with Gasteiger partial charge >= 0.3 is 0 Å². The summed E-state index contributed by atoms with van der Waals surface area (Å²) in [6.07, 6.45) is 4.98. The van der Waals surface area contributed by atoms with Crippen molar-refractivity contribution < 1.29 is 5.11 Å². The molecule has 2 unspecified atom stereocenters. The summed E-state index contributed by atoms with van der Waals surface area (Å²) in [6.45, 7) is 9.87. The van der Waals surface area contributed by atoms with Gasteiger partial charge in [0.15, 0.2) is 0 Å². The Balaban J connectivity index is 2.11. The third-order valence-corrected chi connectivity index (χ3v) is 4.60. The summed E-state index contributed by atoms with van der Waals surface area (Å²) in [5, 5.41) is 13.8. The number of nitrogens with zero attached hydrogens (tertiary/aromatic N) is 1. The fraction of sp³-hybridized carbons (Fsp3) is 0.667. The van der Waals surface area contributed by atoms with E-state index >= 15 is 0 Å². The molecule has 1 aromatic rings. The Morgan fingerprint density at radius 3 is 2.90 bits per heavy atom. The molecule has 0 radical (unpaired) electrons. The highest BCUT2D eigenvalue weighted by molar-refractivity contribution is 5.37. The molecule has 1 aliphatic rings. The van der Waals surface area contributed by atoms with Gasteiger partial charge in [-0.3, -0.25) is 4.90 Å². The Kier molecular flexibility index (Phi) is 6.07. The van der Waals surface area contributed by atoms with Crippen LogP contribution in [0.2, 0.25) is 0 Å². The minimum Gasteiger partial charge on any atom is -0.508 e. The Morgan fingerprint density at radius 1 is 1.43 bits per heavy atom. The van der Waals surface area contributed by atoms with Crippen molar-refractivity contribution in [2.24, 2.45) is 0 Å². The van der Waals surface area contributed by atoms with Crippen molar-refractivity contribution in [3.63, 3.8) is 0 Å². The topological polar surface area (TPSA) is 35.5 Å². The number of nitrogens with one attached hydrogen (secondary N) is 1. The van der Waals surface area contributed by atoms with E-state index in [2.05, 4.69) is 37.1 Å². The lowest BCUT2D eigenvalue weighted by Gasteiger charge is -2.32. The zero-order chi connectivity index (χ0) is 15.2. The predicted octanol–water partition coefficient (Wildman–Crippen LogP) is 3.62. The first-order valence-electron chi connectivity index (χ1n) is 8.38. The van der Waals surface area contributed by atoms with Crippen LogP contribution in [0.5, 0.6) is 5.75 Å². The standard InChI is InChI=1S/C18H30N2O/c1-4-5-11-20(13-16-7-6-10-19-16)15(3)17-12-14(2)8-9-18(17)21/h8-9,12,15-16,19,21H,4-7,10-11,13H2,1-3H3. The fourth-order valence-electron chi connectivity index (χ4n) is 3.21. The molecule has 1 fully saturated rings. The van der Waals surface area contributed by atoms with Crippen LogP contribution < -0.4 is 5.32 Å². The van der Waals surface area contributed by atoms with Crippen LogP contribution in [0, 0.1) is 6.92 Å². The van der Waals surface area contributed by atoms with E-state index in [1.807, 2.05) is 12.1 Å². The molecule has 2 N–H and O–H groups in total. The van der Waals surface area contributed by atoms with Crippen LogP contribution in [-0.4, -0.2) is 35.7 Å². The van der Waals surface area contributed by atoms with Gasteiger partial charge in [0.2, 0.25) is 0 Å². The van der Waals surface area contributed by atoms with Crippen LogP contribution in [0.1, 0.15) is 56.7 Å². The average molecular weight is 290 g/mol. The maximum Gasteiger partial charge on any atom is 0.120 e. The molecule has 0 amide bonds. The molecule has 1 aromatic carbocycles. The highest BCUT2D eigenvalue weighted by Crippen LogP contribution is 2.30. The summed E-state index contributed by atoms with van der Waals surface area (Å²) < 4.78 is 0. The smallest absolute Gasteiger partial charge is 0.120 e. The van der Waals surface area contributed by atoms with Crippen molar-refractivity contribution in [1.29, 1.82) is 0 Å². The molecule has 2 atom stereocenters. The Hall–Kier alpha value is -1.06. The second-order valence-corrected chi connectivity index (χ2v) is 6.38. The van der Waals surface area contributed by atoms with E-state index in [9.17, 15) is 5.11 Å². The minimum atomic E-state index is 0.263. The summed E-state index contributed by atoms with van der Waals surface area (Å²) >= 11 is 0. The number of phenols is 1. The van der Waals surface area contributed by atoms with Crippen LogP contribution >= 0.6 is 0 Å². The fourth-order valence-corrected chi connectivity index (χ4v) is 3.21. The van der Waals surface area contributed by atoms with Crippen molar-refractivity contribution >= 4 is 0 Å². The highest BCUT2D eigenvalue weighted by atomic mass is 16.3. The Bertz CT molecular complexity index is 441. The van der Waals surface area contributed by atoms with Gasteiger partial charge in [0.1, 0.15) is 5.75 Å². The number of rotatable bonds is 7. The summed E-state index contributed by atoms with van der Waals surface area (Å²) in [7, 11) is 0. The number of aryl methyl sites for hydroxylation is 1. The largest absolute Gasteiger partial charge is 0.508 e. The van der Waals surface area contributed by atoms with Gasteiger partial charge in [0, 0.05) is 24.2 Å². The zero-order valence-electron chi connectivity index (χ0n) is 13.7. The molecular weight excluding hydrogens is 260 g/mol. The normalized spacial score (nSPS) is 20.1. The summed E-state index contributed by atoms with van der Waals surface area (Å²) in [4.78, 5) is 2.53. The molecule has 21 heavy (non-hydrogen) atoms. The maximum atomic E-state index is 10.2. The quantitative estimate of drug-likeness (QED) is 0.805. The average Bonchev–Trinajstić information content (AvgIpc) is 2.98. The molecule has 1 aliphatic heterocycles. The second kappa shape index (κ2) is 7.81. The van der Waals surface area contributed by atoms with Gasteiger partial charge in [-0.2, -0.15) is 0 Å².